The number of nitrogens with two attached hydrogens (primary N) is 1. The number of nitrogens with one attached hydrogen (secondary N) is 1. The van der Waals surface area contributed by atoms with Gasteiger partial charge in [-0.1, -0.05) is 46.5 Å². The largest absolute Gasteiger partial charge is 0.476 e. The van der Waals surface area contributed by atoms with Crippen molar-refractivity contribution in [1.82, 2.24) is 4.98 Å². The van der Waals surface area contributed by atoms with Crippen LogP contribution in [0.4, 0.5) is 11.5 Å². The van der Waals surface area contributed by atoms with Crippen LogP contribution in [0, 0.1) is 5.92 Å². The van der Waals surface area contributed by atoms with Crippen molar-refractivity contribution in [3.8, 4) is 5.88 Å². The Hall–Kier alpha value is -1.45. The van der Waals surface area contributed by atoms with Crippen LogP contribution in [0.15, 0.2) is 12.1 Å². The third-order valence-electron chi connectivity index (χ3n) is 3.33. The molecule has 1 aromatic heterocycles. The van der Waals surface area contributed by atoms with E-state index >= 15 is 0 Å². The molecule has 0 radical (unpaired) electrons. The molecule has 0 aliphatic carbocycles. The van der Waals surface area contributed by atoms with E-state index < -0.39 is 0 Å². The molecule has 1 unspecified atom stereocenters. The Morgan fingerprint density at radius 1 is 1.19 bits per heavy atom. The van der Waals surface area contributed by atoms with Crippen molar-refractivity contribution in [1.29, 1.82) is 0 Å². The van der Waals surface area contributed by atoms with Gasteiger partial charge in [0.15, 0.2) is 0 Å². The van der Waals surface area contributed by atoms with Crippen molar-refractivity contribution in [3.63, 3.8) is 0 Å². The first-order valence-electron chi connectivity index (χ1n) is 8.18. The third-order valence-corrected chi connectivity index (χ3v) is 3.33. The van der Waals surface area contributed by atoms with Gasteiger partial charge >= 0.3 is 0 Å². The minimum atomic E-state index is 0.413. The number of pyridine rings is 1. The Morgan fingerprint density at radius 2 is 1.95 bits per heavy atom. The number of ether oxygens (including phenoxy) is 1. The fourth-order valence-corrected chi connectivity index (χ4v) is 2.09. The average Bonchev–Trinajstić information content (AvgIpc) is 2.44. The van der Waals surface area contributed by atoms with Crippen LogP contribution < -0.4 is 15.8 Å². The molecule has 0 amide bonds. The van der Waals surface area contributed by atoms with Crippen molar-refractivity contribution < 1.29 is 4.74 Å². The van der Waals surface area contributed by atoms with Crippen LogP contribution in [0.25, 0.3) is 0 Å². The van der Waals surface area contributed by atoms with Crippen LogP contribution in [0.1, 0.15) is 59.8 Å². The van der Waals surface area contributed by atoms with Crippen molar-refractivity contribution >= 4 is 11.5 Å². The van der Waals surface area contributed by atoms with Gasteiger partial charge in [-0.05, 0) is 31.4 Å². The predicted molar refractivity (Wildman–Crippen MR) is 90.8 cm³/mol. The topological polar surface area (TPSA) is 60.2 Å². The van der Waals surface area contributed by atoms with Gasteiger partial charge in [0.25, 0.3) is 0 Å². The van der Waals surface area contributed by atoms with E-state index in [0.29, 0.717) is 30.1 Å². The fraction of sp³-hybridized carbons (Fsp3) is 0.706. The summed E-state index contributed by atoms with van der Waals surface area (Å²) in [6.45, 7) is 9.28. The number of aromatic nitrogens is 1. The highest BCUT2D eigenvalue weighted by atomic mass is 16.5. The van der Waals surface area contributed by atoms with E-state index in [-0.39, 0.29) is 0 Å². The summed E-state index contributed by atoms with van der Waals surface area (Å²) < 4.78 is 5.66. The van der Waals surface area contributed by atoms with Gasteiger partial charge in [-0.3, -0.25) is 0 Å². The molecule has 0 fully saturated rings. The molecular formula is C17H31N3O. The van der Waals surface area contributed by atoms with Gasteiger partial charge in [0.05, 0.1) is 12.3 Å². The second-order valence-electron chi connectivity index (χ2n) is 6.19. The Morgan fingerprint density at radius 3 is 2.62 bits per heavy atom. The monoisotopic (exact) mass is 293 g/mol. The summed E-state index contributed by atoms with van der Waals surface area (Å²) in [6, 6.07) is 4.19. The molecule has 0 saturated heterocycles. The molecule has 0 aliphatic rings. The lowest BCUT2D eigenvalue weighted by Crippen LogP contribution is -2.16. The number of rotatable bonds is 10. The molecule has 1 rings (SSSR count). The molecule has 4 nitrogen and oxygen atoms in total. The lowest BCUT2D eigenvalue weighted by atomic mass is 10.1. The number of anilines is 2. The molecule has 0 aromatic carbocycles. The molecule has 0 saturated carbocycles. The predicted octanol–water partition coefficient (Wildman–Crippen LogP) is 4.47. The van der Waals surface area contributed by atoms with E-state index in [9.17, 15) is 0 Å². The number of unbranched alkanes of at least 4 members (excludes halogenated alkanes) is 3. The first-order chi connectivity index (χ1) is 10.0. The lowest BCUT2D eigenvalue weighted by molar-refractivity contribution is 0.263. The maximum Gasteiger partial charge on any atom is 0.239 e. The van der Waals surface area contributed by atoms with Crippen molar-refractivity contribution in [2.24, 2.45) is 5.92 Å². The van der Waals surface area contributed by atoms with E-state index in [1.54, 1.807) is 0 Å². The van der Waals surface area contributed by atoms with Gasteiger partial charge in [-0.2, -0.15) is 4.98 Å². The molecule has 4 heteroatoms. The number of nitrogen functional groups attached to an aromatic ring is 1. The minimum Gasteiger partial charge on any atom is -0.476 e. The number of nitrogens with zero attached hydrogens (tertiary/aromatic N) is 1. The second-order valence-corrected chi connectivity index (χ2v) is 6.19. The molecule has 120 valence electrons. The summed E-state index contributed by atoms with van der Waals surface area (Å²) in [7, 11) is 0. The zero-order chi connectivity index (χ0) is 15.7. The first kappa shape index (κ1) is 17.6. The Balaban J connectivity index is 2.48. The highest BCUT2D eigenvalue weighted by Crippen LogP contribution is 2.22. The average molecular weight is 293 g/mol. The Labute approximate surface area is 129 Å². The molecule has 1 aromatic rings. The van der Waals surface area contributed by atoms with Crippen molar-refractivity contribution in [2.75, 3.05) is 17.7 Å². The molecule has 0 spiro atoms. The quantitative estimate of drug-likeness (QED) is 0.625. The van der Waals surface area contributed by atoms with E-state index in [2.05, 4.69) is 38.0 Å². The molecular weight excluding hydrogens is 262 g/mol. The molecule has 1 heterocycles. The van der Waals surface area contributed by atoms with E-state index in [1.165, 1.54) is 25.7 Å². The highest BCUT2D eigenvalue weighted by Gasteiger charge is 2.08. The van der Waals surface area contributed by atoms with Gasteiger partial charge in [-0.25, -0.2) is 0 Å². The van der Waals surface area contributed by atoms with Crippen LogP contribution in [0.5, 0.6) is 5.88 Å². The fourth-order valence-electron chi connectivity index (χ4n) is 2.09. The van der Waals surface area contributed by atoms with Crippen molar-refractivity contribution in [3.05, 3.63) is 12.1 Å². The van der Waals surface area contributed by atoms with Crippen molar-refractivity contribution in [2.45, 2.75) is 65.8 Å². The molecule has 0 aliphatic heterocycles. The van der Waals surface area contributed by atoms with E-state index in [1.807, 2.05) is 12.1 Å². The van der Waals surface area contributed by atoms with Gasteiger partial charge in [0, 0.05) is 6.04 Å². The lowest BCUT2D eigenvalue weighted by Gasteiger charge is -2.16. The Kier molecular flexibility index (Phi) is 7.95. The number of hydrogen-bond donors (Lipinski definition) is 2. The first-order valence-corrected chi connectivity index (χ1v) is 8.18. The zero-order valence-electron chi connectivity index (χ0n) is 14.0. The molecule has 21 heavy (non-hydrogen) atoms. The Bertz CT molecular complexity index is 407. The summed E-state index contributed by atoms with van der Waals surface area (Å²) in [4.78, 5) is 4.47. The van der Waals surface area contributed by atoms with Crippen LogP contribution in [-0.4, -0.2) is 17.6 Å². The zero-order valence-corrected chi connectivity index (χ0v) is 14.0. The van der Waals surface area contributed by atoms with Gasteiger partial charge in [0.1, 0.15) is 5.82 Å². The van der Waals surface area contributed by atoms with Crippen LogP contribution in [0.2, 0.25) is 0 Å². The highest BCUT2D eigenvalue weighted by molar-refractivity contribution is 5.53. The van der Waals surface area contributed by atoms with Gasteiger partial charge in [0.2, 0.25) is 5.88 Å². The molecule has 3 N–H and O–H groups in total. The summed E-state index contributed by atoms with van der Waals surface area (Å²) in [6.07, 6.45) is 6.32. The standard InChI is InChI=1S/C17H31N3O/c1-5-6-7-8-9-14(4)19-16-11-10-15(18)17(20-16)21-12-13(2)3/h10-11,13-14H,5-9,12,18H2,1-4H3,(H,19,20). The minimum absolute atomic E-state index is 0.413. The molecule has 0 bridgehead atoms. The summed E-state index contributed by atoms with van der Waals surface area (Å²) in [5.74, 6) is 1.83. The van der Waals surface area contributed by atoms with E-state index in [0.717, 1.165) is 12.2 Å². The smallest absolute Gasteiger partial charge is 0.239 e. The maximum atomic E-state index is 5.90. The number of hydrogen-bond acceptors (Lipinski definition) is 4. The summed E-state index contributed by atoms with van der Waals surface area (Å²) in [5.41, 5.74) is 6.50. The molecule has 1 atom stereocenters. The van der Waals surface area contributed by atoms with Gasteiger partial charge < -0.3 is 15.8 Å². The van der Waals surface area contributed by atoms with Crippen LogP contribution in [0.3, 0.4) is 0 Å². The summed E-state index contributed by atoms with van der Waals surface area (Å²) in [5, 5.41) is 3.43. The maximum absolute atomic E-state index is 5.90. The van der Waals surface area contributed by atoms with E-state index in [4.69, 9.17) is 10.5 Å². The second kappa shape index (κ2) is 9.48. The van der Waals surface area contributed by atoms with Crippen LogP contribution >= 0.6 is 0 Å². The summed E-state index contributed by atoms with van der Waals surface area (Å²) >= 11 is 0. The third kappa shape index (κ3) is 7.21. The SMILES string of the molecule is CCCCCCC(C)Nc1ccc(N)c(OCC(C)C)n1. The van der Waals surface area contributed by atoms with Crippen LogP contribution in [-0.2, 0) is 0 Å². The van der Waals surface area contributed by atoms with Gasteiger partial charge in [-0.15, -0.1) is 0 Å². The normalized spacial score (nSPS) is 12.4.